The molecule has 1 heterocycles. The molecule has 8 heteroatoms. The van der Waals surface area contributed by atoms with Crippen LogP contribution in [0, 0.1) is 0 Å². The van der Waals surface area contributed by atoms with Crippen LogP contribution in [0.2, 0.25) is 0 Å². The summed E-state index contributed by atoms with van der Waals surface area (Å²) in [6.45, 7) is 0.278. The Morgan fingerprint density at radius 1 is 1.15 bits per heavy atom. The largest absolute Gasteiger partial charge is 0.481 e. The van der Waals surface area contributed by atoms with E-state index in [1.165, 1.54) is 17.0 Å². The van der Waals surface area contributed by atoms with Crippen molar-refractivity contribution in [3.05, 3.63) is 65.2 Å². The van der Waals surface area contributed by atoms with Crippen molar-refractivity contribution in [2.45, 2.75) is 25.1 Å². The van der Waals surface area contributed by atoms with Gasteiger partial charge in [-0.15, -0.1) is 0 Å². The van der Waals surface area contributed by atoms with E-state index in [-0.39, 0.29) is 18.7 Å². The molecular formula is C19H17F3N2O3. The molecule has 0 spiro atoms. The number of hydrogen-bond donors (Lipinski definition) is 2. The molecule has 0 aromatic heterocycles. The Balaban J connectivity index is 1.84. The fraction of sp³-hybridized carbons (Fsp3) is 0.263. The number of anilines is 1. The molecule has 0 saturated heterocycles. The lowest BCUT2D eigenvalue weighted by molar-refractivity contribution is -0.139. The van der Waals surface area contributed by atoms with E-state index < -0.39 is 29.8 Å². The van der Waals surface area contributed by atoms with Gasteiger partial charge in [0.15, 0.2) is 0 Å². The zero-order valence-electron chi connectivity index (χ0n) is 14.2. The van der Waals surface area contributed by atoms with E-state index >= 15 is 0 Å². The number of benzene rings is 2. The molecule has 1 atom stereocenters. The molecule has 5 nitrogen and oxygen atoms in total. The molecule has 2 N–H and O–H groups in total. The second-order valence-corrected chi connectivity index (χ2v) is 6.26. The fourth-order valence-corrected chi connectivity index (χ4v) is 3.25. The van der Waals surface area contributed by atoms with Gasteiger partial charge in [0.05, 0.1) is 18.0 Å². The van der Waals surface area contributed by atoms with Crippen molar-refractivity contribution in [3.63, 3.8) is 0 Å². The molecule has 0 aliphatic carbocycles. The maximum absolute atomic E-state index is 12.8. The summed E-state index contributed by atoms with van der Waals surface area (Å²) in [6, 6.07) is 10.3. The summed E-state index contributed by atoms with van der Waals surface area (Å²) in [6.07, 6.45) is -4.26. The van der Waals surface area contributed by atoms with Gasteiger partial charge in [0.1, 0.15) is 0 Å². The van der Waals surface area contributed by atoms with Gasteiger partial charge >= 0.3 is 18.2 Å². The van der Waals surface area contributed by atoms with Gasteiger partial charge in [-0.3, -0.25) is 4.79 Å². The van der Waals surface area contributed by atoms with Gasteiger partial charge in [-0.05, 0) is 35.7 Å². The Morgan fingerprint density at radius 3 is 2.59 bits per heavy atom. The molecule has 2 amide bonds. The van der Waals surface area contributed by atoms with E-state index in [2.05, 4.69) is 5.32 Å². The van der Waals surface area contributed by atoms with E-state index in [4.69, 9.17) is 0 Å². The molecule has 1 aliphatic rings. The Labute approximate surface area is 153 Å². The van der Waals surface area contributed by atoms with Crippen LogP contribution >= 0.6 is 0 Å². The zero-order valence-corrected chi connectivity index (χ0v) is 14.2. The highest BCUT2D eigenvalue weighted by Gasteiger charge is 2.33. The summed E-state index contributed by atoms with van der Waals surface area (Å²) in [7, 11) is 0. The topological polar surface area (TPSA) is 69.6 Å². The van der Waals surface area contributed by atoms with Crippen LogP contribution in [0.15, 0.2) is 48.5 Å². The van der Waals surface area contributed by atoms with Crippen molar-refractivity contribution < 1.29 is 27.9 Å². The van der Waals surface area contributed by atoms with E-state index in [1.54, 1.807) is 12.1 Å². The predicted molar refractivity (Wildman–Crippen MR) is 92.3 cm³/mol. The fourth-order valence-electron chi connectivity index (χ4n) is 3.25. The molecule has 0 radical (unpaired) electrons. The summed E-state index contributed by atoms with van der Waals surface area (Å²) >= 11 is 0. The number of rotatable bonds is 3. The summed E-state index contributed by atoms with van der Waals surface area (Å²) in [4.78, 5) is 25.3. The number of nitrogens with one attached hydrogen (secondary N) is 1. The first-order chi connectivity index (χ1) is 12.8. The third-order valence-corrected chi connectivity index (χ3v) is 4.48. The number of nitrogens with zero attached hydrogens (tertiary/aromatic N) is 1. The van der Waals surface area contributed by atoms with Crippen LogP contribution in [0.3, 0.4) is 0 Å². The Morgan fingerprint density at radius 2 is 1.89 bits per heavy atom. The lowest BCUT2D eigenvalue weighted by Crippen LogP contribution is -2.43. The molecule has 0 fully saturated rings. The first-order valence-electron chi connectivity index (χ1n) is 8.30. The number of aliphatic carboxylic acids is 1. The van der Waals surface area contributed by atoms with Crippen molar-refractivity contribution in [2.75, 3.05) is 11.9 Å². The molecule has 2 aromatic carbocycles. The molecule has 0 bridgehead atoms. The van der Waals surface area contributed by atoms with E-state index in [1.807, 2.05) is 12.1 Å². The number of carboxylic acids is 1. The molecule has 0 saturated carbocycles. The SMILES string of the molecule is O=C(O)C[C@H]1c2ccccc2CCN1C(=O)Nc1cccc(C(F)(F)F)c1. The monoisotopic (exact) mass is 378 g/mol. The van der Waals surface area contributed by atoms with Crippen LogP contribution in [0.1, 0.15) is 29.2 Å². The van der Waals surface area contributed by atoms with Crippen molar-refractivity contribution >= 4 is 17.7 Å². The van der Waals surface area contributed by atoms with E-state index in [0.29, 0.717) is 6.42 Å². The molecule has 27 heavy (non-hydrogen) atoms. The highest BCUT2D eigenvalue weighted by atomic mass is 19.4. The normalized spacial score (nSPS) is 16.6. The van der Waals surface area contributed by atoms with Crippen LogP contribution in [-0.2, 0) is 17.4 Å². The number of halogens is 3. The standard InChI is InChI=1S/C19H17F3N2O3/c20-19(21,22)13-5-3-6-14(10-13)23-18(27)24-9-8-12-4-1-2-7-15(12)16(24)11-17(25)26/h1-7,10,16H,8-9,11H2,(H,23,27)(H,25,26)/t16-/m0/s1. The highest BCUT2D eigenvalue weighted by molar-refractivity contribution is 5.90. The van der Waals surface area contributed by atoms with Crippen LogP contribution in [0.4, 0.5) is 23.7 Å². The number of carbonyl (C=O) groups is 2. The number of urea groups is 1. The summed E-state index contributed by atoms with van der Waals surface area (Å²) in [5.41, 5.74) is 0.839. The van der Waals surface area contributed by atoms with Crippen molar-refractivity contribution in [1.29, 1.82) is 0 Å². The smallest absolute Gasteiger partial charge is 0.416 e. The lowest BCUT2D eigenvalue weighted by Gasteiger charge is -2.36. The third kappa shape index (κ3) is 4.21. The molecular weight excluding hydrogens is 361 g/mol. The second-order valence-electron chi connectivity index (χ2n) is 6.26. The number of alkyl halides is 3. The van der Waals surface area contributed by atoms with Gasteiger partial charge in [-0.2, -0.15) is 13.2 Å². The number of fused-ring (bicyclic) bond motifs is 1. The minimum atomic E-state index is -4.52. The van der Waals surface area contributed by atoms with Crippen LogP contribution in [-0.4, -0.2) is 28.6 Å². The van der Waals surface area contributed by atoms with Gasteiger partial charge in [0, 0.05) is 12.2 Å². The lowest BCUT2D eigenvalue weighted by atomic mass is 9.91. The van der Waals surface area contributed by atoms with Gasteiger partial charge in [-0.25, -0.2) is 4.79 Å². The molecule has 3 rings (SSSR count). The minimum absolute atomic E-state index is 0.00255. The second kappa shape index (κ2) is 7.30. The molecule has 0 unspecified atom stereocenters. The van der Waals surface area contributed by atoms with Crippen LogP contribution < -0.4 is 5.32 Å². The predicted octanol–water partition coefficient (Wildman–Crippen LogP) is 4.31. The zero-order chi connectivity index (χ0) is 19.6. The maximum Gasteiger partial charge on any atom is 0.416 e. The van der Waals surface area contributed by atoms with Crippen molar-refractivity contribution in [2.24, 2.45) is 0 Å². The third-order valence-electron chi connectivity index (χ3n) is 4.48. The van der Waals surface area contributed by atoms with Crippen molar-refractivity contribution in [3.8, 4) is 0 Å². The molecule has 1 aliphatic heterocycles. The van der Waals surface area contributed by atoms with E-state index in [0.717, 1.165) is 23.3 Å². The first-order valence-corrected chi connectivity index (χ1v) is 8.30. The summed E-state index contributed by atoms with van der Waals surface area (Å²) < 4.78 is 38.5. The quantitative estimate of drug-likeness (QED) is 0.836. The van der Waals surface area contributed by atoms with Gasteiger partial charge in [0.25, 0.3) is 0 Å². The minimum Gasteiger partial charge on any atom is -0.481 e. The first kappa shape index (κ1) is 18.8. The molecule has 142 valence electrons. The van der Waals surface area contributed by atoms with Crippen LogP contribution in [0.5, 0.6) is 0 Å². The summed E-state index contributed by atoms with van der Waals surface area (Å²) in [5, 5.41) is 11.7. The van der Waals surface area contributed by atoms with Crippen LogP contribution in [0.25, 0.3) is 0 Å². The number of carboxylic acid groups (broad SMARTS) is 1. The maximum atomic E-state index is 12.8. The molecule has 2 aromatic rings. The number of amides is 2. The summed E-state index contributed by atoms with van der Waals surface area (Å²) in [5.74, 6) is -1.06. The average molecular weight is 378 g/mol. The van der Waals surface area contributed by atoms with Gasteiger partial charge in [0.2, 0.25) is 0 Å². The van der Waals surface area contributed by atoms with E-state index in [9.17, 15) is 27.9 Å². The number of hydrogen-bond acceptors (Lipinski definition) is 2. The van der Waals surface area contributed by atoms with Gasteiger partial charge < -0.3 is 15.3 Å². The van der Waals surface area contributed by atoms with Gasteiger partial charge in [-0.1, -0.05) is 30.3 Å². The highest BCUT2D eigenvalue weighted by Crippen LogP contribution is 2.34. The van der Waals surface area contributed by atoms with Crippen molar-refractivity contribution in [1.82, 2.24) is 4.90 Å². The number of carbonyl (C=O) groups excluding carboxylic acids is 1. The Bertz CT molecular complexity index is 867. The Hall–Kier alpha value is -3.03. The Kier molecular flexibility index (Phi) is 5.07. The average Bonchev–Trinajstić information content (AvgIpc) is 2.61.